The summed E-state index contributed by atoms with van der Waals surface area (Å²) in [4.78, 5) is 2.80. The molecule has 0 unspecified atom stereocenters. The Kier molecular flexibility index (Phi) is 5.32. The molecule has 0 bridgehead atoms. The average Bonchev–Trinajstić information content (AvgIpc) is 2.54. The Bertz CT molecular complexity index is 441. The molecule has 1 aromatic carbocycles. The minimum Gasteiger partial charge on any atom is -0.319 e. The molecule has 21 heavy (non-hydrogen) atoms. The summed E-state index contributed by atoms with van der Waals surface area (Å²) in [6.45, 7) is 3.55. The van der Waals surface area contributed by atoms with Crippen LogP contribution >= 0.6 is 0 Å². The Balaban J connectivity index is 1.70. The average molecular weight is 286 g/mol. The number of hydrogen-bond donors (Lipinski definition) is 1. The van der Waals surface area contributed by atoms with Crippen molar-refractivity contribution < 1.29 is 0 Å². The van der Waals surface area contributed by atoms with Gasteiger partial charge in [0.2, 0.25) is 0 Å². The number of likely N-dealkylation sites (tertiary alicyclic amines) is 1. The van der Waals surface area contributed by atoms with E-state index in [-0.39, 0.29) is 0 Å². The van der Waals surface area contributed by atoms with E-state index in [0.717, 1.165) is 24.9 Å². The number of piperidine rings is 1. The topological polar surface area (TPSA) is 15.3 Å². The van der Waals surface area contributed by atoms with Gasteiger partial charge in [-0.15, -0.1) is 0 Å². The molecule has 1 aromatic rings. The van der Waals surface area contributed by atoms with Crippen LogP contribution in [0.5, 0.6) is 0 Å². The number of nitrogens with one attached hydrogen (secondary N) is 1. The predicted octanol–water partition coefficient (Wildman–Crippen LogP) is 3.60. The fraction of sp³-hybridized carbons (Fsp3) is 0.684. The number of benzene rings is 1. The maximum absolute atomic E-state index is 3.28. The van der Waals surface area contributed by atoms with Crippen LogP contribution in [0.4, 0.5) is 0 Å². The van der Waals surface area contributed by atoms with Crippen molar-refractivity contribution in [3.8, 4) is 0 Å². The van der Waals surface area contributed by atoms with E-state index in [1.807, 2.05) is 7.05 Å². The van der Waals surface area contributed by atoms with Crippen molar-refractivity contribution in [3.63, 3.8) is 0 Å². The van der Waals surface area contributed by atoms with Crippen molar-refractivity contribution in [2.24, 2.45) is 5.92 Å². The quantitative estimate of drug-likeness (QED) is 0.889. The van der Waals surface area contributed by atoms with Gasteiger partial charge in [0.25, 0.3) is 0 Å². The molecule has 1 saturated carbocycles. The molecule has 0 aromatic heterocycles. The summed E-state index contributed by atoms with van der Waals surface area (Å²) in [5.41, 5.74) is 3.09. The molecule has 2 heteroatoms. The van der Waals surface area contributed by atoms with Gasteiger partial charge in [-0.3, -0.25) is 4.90 Å². The Hall–Kier alpha value is -0.860. The first kappa shape index (κ1) is 15.1. The Morgan fingerprint density at radius 2 is 1.81 bits per heavy atom. The normalized spacial score (nSPS) is 26.5. The highest BCUT2D eigenvalue weighted by Crippen LogP contribution is 2.36. The van der Waals surface area contributed by atoms with Crippen LogP contribution in [0, 0.1) is 5.92 Å². The number of hydrogen-bond acceptors (Lipinski definition) is 2. The van der Waals surface area contributed by atoms with Gasteiger partial charge < -0.3 is 5.32 Å². The lowest BCUT2D eigenvalue weighted by Crippen LogP contribution is -2.46. The molecule has 1 saturated heterocycles. The highest BCUT2D eigenvalue weighted by atomic mass is 15.2. The summed E-state index contributed by atoms with van der Waals surface area (Å²) < 4.78 is 0. The minimum atomic E-state index is 0.866. The zero-order valence-corrected chi connectivity index (χ0v) is 13.5. The molecule has 116 valence electrons. The molecule has 1 aliphatic heterocycles. The Morgan fingerprint density at radius 1 is 1.05 bits per heavy atom. The van der Waals surface area contributed by atoms with Crippen molar-refractivity contribution >= 4 is 0 Å². The highest BCUT2D eigenvalue weighted by Gasteiger charge is 2.33. The van der Waals surface area contributed by atoms with Gasteiger partial charge in [-0.05, 0) is 69.3 Å². The van der Waals surface area contributed by atoms with E-state index in [0.29, 0.717) is 0 Å². The van der Waals surface area contributed by atoms with Crippen molar-refractivity contribution in [2.45, 2.75) is 57.5 Å². The van der Waals surface area contributed by atoms with Crippen LogP contribution in [0.2, 0.25) is 0 Å². The van der Waals surface area contributed by atoms with Crippen molar-refractivity contribution in [1.29, 1.82) is 0 Å². The van der Waals surface area contributed by atoms with Gasteiger partial charge in [0.05, 0.1) is 0 Å². The lowest BCUT2D eigenvalue weighted by atomic mass is 9.78. The lowest BCUT2D eigenvalue weighted by molar-refractivity contribution is 0.0545. The SMILES string of the molecule is CNCCc1ccccc1CN1CCC[C@H]2CCCC[C@H]21. The van der Waals surface area contributed by atoms with E-state index < -0.39 is 0 Å². The molecule has 0 spiro atoms. The van der Waals surface area contributed by atoms with Gasteiger partial charge in [0.1, 0.15) is 0 Å². The van der Waals surface area contributed by atoms with Crippen LogP contribution in [0.3, 0.4) is 0 Å². The van der Waals surface area contributed by atoms with Crippen molar-refractivity contribution in [1.82, 2.24) is 10.2 Å². The zero-order valence-electron chi connectivity index (χ0n) is 13.5. The molecule has 1 heterocycles. The fourth-order valence-electron chi connectivity index (χ4n) is 4.36. The van der Waals surface area contributed by atoms with Gasteiger partial charge in [0.15, 0.2) is 0 Å². The van der Waals surface area contributed by atoms with Gasteiger partial charge >= 0.3 is 0 Å². The zero-order chi connectivity index (χ0) is 14.5. The monoisotopic (exact) mass is 286 g/mol. The minimum absolute atomic E-state index is 0.866. The van der Waals surface area contributed by atoms with E-state index in [2.05, 4.69) is 34.5 Å². The second kappa shape index (κ2) is 7.42. The molecule has 2 nitrogen and oxygen atoms in total. The van der Waals surface area contributed by atoms with Crippen molar-refractivity contribution in [3.05, 3.63) is 35.4 Å². The van der Waals surface area contributed by atoms with Crippen LogP contribution in [-0.4, -0.2) is 31.1 Å². The molecule has 2 atom stereocenters. The van der Waals surface area contributed by atoms with Gasteiger partial charge in [0, 0.05) is 12.6 Å². The molecule has 0 radical (unpaired) electrons. The molecular formula is C19H30N2. The van der Waals surface area contributed by atoms with Crippen LogP contribution < -0.4 is 5.32 Å². The summed E-state index contributed by atoms with van der Waals surface area (Å²) in [7, 11) is 2.04. The van der Waals surface area contributed by atoms with E-state index in [1.54, 1.807) is 5.56 Å². The third-order valence-corrected chi connectivity index (χ3v) is 5.49. The molecule has 1 N–H and O–H groups in total. The van der Waals surface area contributed by atoms with Crippen molar-refractivity contribution in [2.75, 3.05) is 20.1 Å². The summed E-state index contributed by atoms with van der Waals surface area (Å²) in [5.74, 6) is 0.983. The molecule has 1 aliphatic carbocycles. The summed E-state index contributed by atoms with van der Waals surface area (Å²) >= 11 is 0. The van der Waals surface area contributed by atoms with Gasteiger partial charge in [-0.2, -0.15) is 0 Å². The predicted molar refractivity (Wildman–Crippen MR) is 89.5 cm³/mol. The number of nitrogens with zero attached hydrogens (tertiary/aromatic N) is 1. The number of likely N-dealkylation sites (N-methyl/N-ethyl adjacent to an activating group) is 1. The first-order chi connectivity index (χ1) is 10.4. The molecule has 2 aliphatic rings. The lowest BCUT2D eigenvalue weighted by Gasteiger charge is -2.44. The largest absolute Gasteiger partial charge is 0.319 e. The highest BCUT2D eigenvalue weighted by molar-refractivity contribution is 5.27. The first-order valence-electron chi connectivity index (χ1n) is 8.84. The Morgan fingerprint density at radius 3 is 2.67 bits per heavy atom. The third kappa shape index (κ3) is 3.67. The summed E-state index contributed by atoms with van der Waals surface area (Å²) in [5, 5.41) is 3.28. The van der Waals surface area contributed by atoms with Gasteiger partial charge in [-0.25, -0.2) is 0 Å². The molecular weight excluding hydrogens is 256 g/mol. The molecule has 3 rings (SSSR count). The smallest absolute Gasteiger partial charge is 0.0239 e. The van der Waals surface area contributed by atoms with E-state index in [1.165, 1.54) is 57.2 Å². The second-order valence-electron chi connectivity index (χ2n) is 6.85. The maximum Gasteiger partial charge on any atom is 0.0239 e. The summed E-state index contributed by atoms with van der Waals surface area (Å²) in [6.07, 6.45) is 9.84. The molecule has 2 fully saturated rings. The van der Waals surface area contributed by atoms with Crippen LogP contribution in [0.1, 0.15) is 49.7 Å². The van der Waals surface area contributed by atoms with E-state index in [4.69, 9.17) is 0 Å². The maximum atomic E-state index is 3.28. The van der Waals surface area contributed by atoms with E-state index >= 15 is 0 Å². The third-order valence-electron chi connectivity index (χ3n) is 5.49. The second-order valence-corrected chi connectivity index (χ2v) is 6.85. The summed E-state index contributed by atoms with van der Waals surface area (Å²) in [6, 6.07) is 9.92. The fourth-order valence-corrected chi connectivity index (χ4v) is 4.36. The van der Waals surface area contributed by atoms with Crippen LogP contribution in [0.15, 0.2) is 24.3 Å². The standard InChI is InChI=1S/C19H30N2/c1-20-13-12-16-7-2-3-9-18(16)15-21-14-6-10-17-8-4-5-11-19(17)21/h2-3,7,9,17,19-20H,4-6,8,10-15H2,1H3/t17-,19-/m1/s1. The molecule has 0 amide bonds. The van der Waals surface area contributed by atoms with E-state index in [9.17, 15) is 0 Å². The first-order valence-corrected chi connectivity index (χ1v) is 8.84. The van der Waals surface area contributed by atoms with Gasteiger partial charge in [-0.1, -0.05) is 37.1 Å². The number of rotatable bonds is 5. The Labute approximate surface area is 129 Å². The number of fused-ring (bicyclic) bond motifs is 1. The van der Waals surface area contributed by atoms with Crippen LogP contribution in [-0.2, 0) is 13.0 Å². The van der Waals surface area contributed by atoms with Crippen LogP contribution in [0.25, 0.3) is 0 Å².